The van der Waals surface area contributed by atoms with Crippen molar-refractivity contribution < 1.29 is 9.53 Å². The van der Waals surface area contributed by atoms with Crippen molar-refractivity contribution in [3.63, 3.8) is 0 Å². The molecule has 2 heterocycles. The van der Waals surface area contributed by atoms with E-state index in [-0.39, 0.29) is 12.0 Å². The highest BCUT2D eigenvalue weighted by Crippen LogP contribution is 2.29. The summed E-state index contributed by atoms with van der Waals surface area (Å²) in [6, 6.07) is 2.12. The summed E-state index contributed by atoms with van der Waals surface area (Å²) in [6.45, 7) is 2.35. The maximum absolute atomic E-state index is 11.9. The zero-order valence-electron chi connectivity index (χ0n) is 10.7. The van der Waals surface area contributed by atoms with Crippen LogP contribution < -0.4 is 10.6 Å². The summed E-state index contributed by atoms with van der Waals surface area (Å²) in [6.07, 6.45) is 5.46. The topological polar surface area (TPSA) is 76.1 Å². The maximum Gasteiger partial charge on any atom is 0.252 e. The lowest BCUT2D eigenvalue weighted by Crippen LogP contribution is -2.48. The smallest absolute Gasteiger partial charge is 0.252 e. The molecule has 2 aliphatic rings. The van der Waals surface area contributed by atoms with Gasteiger partial charge in [0.25, 0.3) is 5.91 Å². The van der Waals surface area contributed by atoms with Gasteiger partial charge in [0.1, 0.15) is 0 Å². The van der Waals surface area contributed by atoms with Crippen molar-refractivity contribution in [2.45, 2.75) is 25.0 Å². The summed E-state index contributed by atoms with van der Waals surface area (Å²) in [7, 11) is 0. The van der Waals surface area contributed by atoms with Crippen LogP contribution in [0.25, 0.3) is 0 Å². The van der Waals surface area contributed by atoms with Crippen LogP contribution in [0.4, 0.5) is 0 Å². The van der Waals surface area contributed by atoms with Crippen LogP contribution in [0.1, 0.15) is 23.2 Å². The van der Waals surface area contributed by atoms with Crippen LogP contribution >= 0.6 is 0 Å². The van der Waals surface area contributed by atoms with Crippen molar-refractivity contribution in [1.82, 2.24) is 20.8 Å². The Bertz CT molecular complexity index is 440. The van der Waals surface area contributed by atoms with E-state index in [1.54, 1.807) is 6.07 Å². The Kier molecular flexibility index (Phi) is 3.70. The fraction of sp³-hybridized carbons (Fsp3) is 0.615. The molecule has 2 fully saturated rings. The summed E-state index contributed by atoms with van der Waals surface area (Å²) < 4.78 is 5.82. The van der Waals surface area contributed by atoms with E-state index in [4.69, 9.17) is 4.74 Å². The molecule has 1 aromatic heterocycles. The van der Waals surface area contributed by atoms with Crippen LogP contribution in [-0.4, -0.2) is 47.9 Å². The maximum atomic E-state index is 11.9. The number of ether oxygens (including phenoxy) is 1. The van der Waals surface area contributed by atoms with Crippen molar-refractivity contribution in [2.75, 3.05) is 19.7 Å². The number of amides is 1. The predicted octanol–water partition coefficient (Wildman–Crippen LogP) is -0.0266. The number of hydrogen-bond donors (Lipinski definition) is 2. The SMILES string of the molecule is O=C(NC[C@@H]1CC[C@@H]2NCCO[C@@H]12)c1ccnnc1. The molecule has 1 saturated carbocycles. The standard InChI is InChI=1S/C13H18N4O2/c18-13(10-3-4-16-17-8-10)15-7-9-1-2-11-12(9)19-6-5-14-11/h3-4,8-9,11-12,14H,1-2,5-7H2,(H,15,18)/t9-,11-,12-/m0/s1. The minimum absolute atomic E-state index is 0.0953. The summed E-state index contributed by atoms with van der Waals surface area (Å²) in [5.41, 5.74) is 0.548. The van der Waals surface area contributed by atoms with Gasteiger partial charge in [-0.2, -0.15) is 10.2 Å². The molecule has 0 aromatic carbocycles. The first-order valence-corrected chi connectivity index (χ1v) is 6.74. The van der Waals surface area contributed by atoms with Gasteiger partial charge in [-0.05, 0) is 18.9 Å². The highest BCUT2D eigenvalue weighted by molar-refractivity contribution is 5.93. The third-order valence-electron chi connectivity index (χ3n) is 3.90. The number of carbonyl (C=O) groups is 1. The second-order valence-corrected chi connectivity index (χ2v) is 5.07. The lowest BCUT2D eigenvalue weighted by molar-refractivity contribution is -0.0138. The predicted molar refractivity (Wildman–Crippen MR) is 68.6 cm³/mol. The Hall–Kier alpha value is -1.53. The third-order valence-corrected chi connectivity index (χ3v) is 3.90. The van der Waals surface area contributed by atoms with Gasteiger partial charge >= 0.3 is 0 Å². The van der Waals surface area contributed by atoms with E-state index in [0.717, 1.165) is 26.0 Å². The molecule has 19 heavy (non-hydrogen) atoms. The van der Waals surface area contributed by atoms with Crippen LogP contribution in [0.15, 0.2) is 18.5 Å². The van der Waals surface area contributed by atoms with E-state index in [1.165, 1.54) is 12.4 Å². The van der Waals surface area contributed by atoms with Crippen molar-refractivity contribution in [3.05, 3.63) is 24.0 Å². The molecular formula is C13H18N4O2. The fourth-order valence-corrected chi connectivity index (χ4v) is 2.93. The normalized spacial score (nSPS) is 29.8. The minimum Gasteiger partial charge on any atom is -0.375 e. The number of carbonyl (C=O) groups excluding carboxylic acids is 1. The van der Waals surface area contributed by atoms with Crippen molar-refractivity contribution in [3.8, 4) is 0 Å². The average Bonchev–Trinajstić information content (AvgIpc) is 2.89. The first-order valence-electron chi connectivity index (χ1n) is 6.74. The number of nitrogens with one attached hydrogen (secondary N) is 2. The van der Waals surface area contributed by atoms with E-state index in [9.17, 15) is 4.79 Å². The molecular weight excluding hydrogens is 244 g/mol. The molecule has 1 amide bonds. The molecule has 3 rings (SSSR count). The molecule has 1 aliphatic carbocycles. The Balaban J connectivity index is 1.54. The van der Waals surface area contributed by atoms with Crippen LogP contribution in [0.5, 0.6) is 0 Å². The highest BCUT2D eigenvalue weighted by atomic mass is 16.5. The lowest BCUT2D eigenvalue weighted by Gasteiger charge is -2.30. The number of morpholine rings is 1. The molecule has 2 N–H and O–H groups in total. The van der Waals surface area contributed by atoms with Gasteiger partial charge in [0, 0.05) is 25.0 Å². The molecule has 6 nitrogen and oxygen atoms in total. The van der Waals surface area contributed by atoms with Gasteiger partial charge in [-0.25, -0.2) is 0 Å². The highest BCUT2D eigenvalue weighted by Gasteiger charge is 2.38. The lowest BCUT2D eigenvalue weighted by atomic mass is 10.0. The molecule has 6 heteroatoms. The van der Waals surface area contributed by atoms with Crippen molar-refractivity contribution in [1.29, 1.82) is 0 Å². The largest absolute Gasteiger partial charge is 0.375 e. The number of aromatic nitrogens is 2. The first kappa shape index (κ1) is 12.5. The van der Waals surface area contributed by atoms with Gasteiger partial charge in [0.15, 0.2) is 0 Å². The van der Waals surface area contributed by atoms with Crippen molar-refractivity contribution in [2.24, 2.45) is 5.92 Å². The van der Waals surface area contributed by atoms with Crippen LogP contribution in [-0.2, 0) is 4.74 Å². The fourth-order valence-electron chi connectivity index (χ4n) is 2.93. The van der Waals surface area contributed by atoms with Gasteiger partial charge in [-0.15, -0.1) is 0 Å². The van der Waals surface area contributed by atoms with Crippen LogP contribution in [0, 0.1) is 5.92 Å². The van der Waals surface area contributed by atoms with E-state index in [1.807, 2.05) is 0 Å². The van der Waals surface area contributed by atoms with Gasteiger partial charge in [0.2, 0.25) is 0 Å². The van der Waals surface area contributed by atoms with E-state index in [2.05, 4.69) is 20.8 Å². The number of fused-ring (bicyclic) bond motifs is 1. The molecule has 1 aliphatic heterocycles. The monoisotopic (exact) mass is 262 g/mol. The number of nitrogens with zero attached hydrogens (tertiary/aromatic N) is 2. The average molecular weight is 262 g/mol. The zero-order chi connectivity index (χ0) is 13.1. The van der Waals surface area contributed by atoms with E-state index < -0.39 is 0 Å². The summed E-state index contributed by atoms with van der Waals surface area (Å²) in [5.74, 6) is 0.304. The zero-order valence-corrected chi connectivity index (χ0v) is 10.7. The van der Waals surface area contributed by atoms with Gasteiger partial charge in [-0.3, -0.25) is 4.79 Å². The van der Waals surface area contributed by atoms with Crippen LogP contribution in [0.3, 0.4) is 0 Å². The first-order chi connectivity index (χ1) is 9.34. The Morgan fingerprint density at radius 3 is 3.26 bits per heavy atom. The van der Waals surface area contributed by atoms with Crippen molar-refractivity contribution >= 4 is 5.91 Å². The van der Waals surface area contributed by atoms with Gasteiger partial charge in [0.05, 0.1) is 30.7 Å². The van der Waals surface area contributed by atoms with Gasteiger partial charge < -0.3 is 15.4 Å². The molecule has 1 aromatic rings. The Morgan fingerprint density at radius 2 is 2.42 bits per heavy atom. The molecule has 0 radical (unpaired) electrons. The summed E-state index contributed by atoms with van der Waals surface area (Å²) >= 11 is 0. The molecule has 102 valence electrons. The van der Waals surface area contributed by atoms with Gasteiger partial charge in [-0.1, -0.05) is 0 Å². The second kappa shape index (κ2) is 5.63. The summed E-state index contributed by atoms with van der Waals surface area (Å²) in [5, 5.41) is 13.8. The number of hydrogen-bond acceptors (Lipinski definition) is 5. The Morgan fingerprint density at radius 1 is 1.47 bits per heavy atom. The second-order valence-electron chi connectivity index (χ2n) is 5.07. The quantitative estimate of drug-likeness (QED) is 0.800. The summed E-state index contributed by atoms with van der Waals surface area (Å²) in [4.78, 5) is 11.9. The van der Waals surface area contributed by atoms with E-state index >= 15 is 0 Å². The molecule has 0 spiro atoms. The molecule has 0 bridgehead atoms. The Labute approximate surface area is 111 Å². The van der Waals surface area contributed by atoms with Crippen LogP contribution in [0.2, 0.25) is 0 Å². The van der Waals surface area contributed by atoms with E-state index in [0.29, 0.717) is 24.1 Å². The molecule has 1 saturated heterocycles. The number of rotatable bonds is 3. The molecule has 3 atom stereocenters. The minimum atomic E-state index is -0.0953. The third kappa shape index (κ3) is 2.74. The molecule has 0 unspecified atom stereocenters.